The molecule has 1 heterocycles. The first-order valence-corrected chi connectivity index (χ1v) is 8.53. The lowest BCUT2D eigenvalue weighted by atomic mass is 10.1. The molecule has 120 valence electrons. The SMILES string of the molecule is CNCC1CCC(CN(CCC(C)C)CCC(C)C)O1. The van der Waals surface area contributed by atoms with Crippen LogP contribution in [0.4, 0.5) is 0 Å². The van der Waals surface area contributed by atoms with E-state index >= 15 is 0 Å². The van der Waals surface area contributed by atoms with E-state index in [0.29, 0.717) is 12.2 Å². The number of likely N-dealkylation sites (N-methyl/N-ethyl adjacent to an activating group) is 1. The quantitative estimate of drug-likeness (QED) is 0.667. The summed E-state index contributed by atoms with van der Waals surface area (Å²) < 4.78 is 6.14. The first-order chi connectivity index (χ1) is 9.51. The van der Waals surface area contributed by atoms with Crippen LogP contribution in [0.25, 0.3) is 0 Å². The Labute approximate surface area is 126 Å². The van der Waals surface area contributed by atoms with Crippen LogP contribution in [0.2, 0.25) is 0 Å². The summed E-state index contributed by atoms with van der Waals surface area (Å²) in [5, 5.41) is 3.23. The Balaban J connectivity index is 2.34. The van der Waals surface area contributed by atoms with E-state index in [2.05, 4.69) is 37.9 Å². The van der Waals surface area contributed by atoms with Gasteiger partial charge in [-0.05, 0) is 57.7 Å². The molecule has 0 saturated carbocycles. The molecule has 1 rings (SSSR count). The molecule has 3 heteroatoms. The highest BCUT2D eigenvalue weighted by Crippen LogP contribution is 2.20. The molecule has 0 aromatic rings. The molecule has 0 aliphatic carbocycles. The van der Waals surface area contributed by atoms with Gasteiger partial charge in [0.15, 0.2) is 0 Å². The number of nitrogens with zero attached hydrogens (tertiary/aromatic N) is 1. The number of rotatable bonds is 10. The first-order valence-electron chi connectivity index (χ1n) is 8.53. The van der Waals surface area contributed by atoms with E-state index in [0.717, 1.165) is 24.9 Å². The molecule has 20 heavy (non-hydrogen) atoms. The summed E-state index contributed by atoms with van der Waals surface area (Å²) in [7, 11) is 2.01. The maximum atomic E-state index is 6.14. The molecule has 0 bridgehead atoms. The zero-order chi connectivity index (χ0) is 15.0. The van der Waals surface area contributed by atoms with Crippen molar-refractivity contribution in [2.45, 2.75) is 65.6 Å². The molecule has 2 atom stereocenters. The summed E-state index contributed by atoms with van der Waals surface area (Å²) >= 11 is 0. The maximum Gasteiger partial charge on any atom is 0.0707 e. The lowest BCUT2D eigenvalue weighted by Gasteiger charge is -2.27. The van der Waals surface area contributed by atoms with Crippen LogP contribution in [0.3, 0.4) is 0 Å². The summed E-state index contributed by atoms with van der Waals surface area (Å²) in [6, 6.07) is 0. The van der Waals surface area contributed by atoms with Gasteiger partial charge in [0.1, 0.15) is 0 Å². The Morgan fingerprint density at radius 1 is 1.00 bits per heavy atom. The van der Waals surface area contributed by atoms with E-state index in [1.54, 1.807) is 0 Å². The standard InChI is InChI=1S/C17H36N2O/c1-14(2)8-10-19(11-9-15(3)4)13-17-7-6-16(20-17)12-18-5/h14-18H,6-13H2,1-5H3. The Morgan fingerprint density at radius 2 is 1.55 bits per heavy atom. The molecule has 0 spiro atoms. The van der Waals surface area contributed by atoms with Crippen LogP contribution in [0.5, 0.6) is 0 Å². The van der Waals surface area contributed by atoms with Crippen LogP contribution >= 0.6 is 0 Å². The third-order valence-corrected chi connectivity index (χ3v) is 4.13. The van der Waals surface area contributed by atoms with Gasteiger partial charge in [-0.2, -0.15) is 0 Å². The van der Waals surface area contributed by atoms with Crippen LogP contribution in [-0.2, 0) is 4.74 Å². The lowest BCUT2D eigenvalue weighted by molar-refractivity contribution is 0.0225. The fourth-order valence-electron chi connectivity index (χ4n) is 2.76. The zero-order valence-corrected chi connectivity index (χ0v) is 14.3. The Hall–Kier alpha value is -0.120. The molecular formula is C17H36N2O. The molecule has 2 unspecified atom stereocenters. The van der Waals surface area contributed by atoms with Gasteiger partial charge in [-0.3, -0.25) is 0 Å². The maximum absolute atomic E-state index is 6.14. The molecule has 1 N–H and O–H groups in total. The average molecular weight is 284 g/mol. The van der Waals surface area contributed by atoms with Gasteiger partial charge in [0.25, 0.3) is 0 Å². The molecule has 0 radical (unpaired) electrons. The van der Waals surface area contributed by atoms with Gasteiger partial charge in [-0.25, -0.2) is 0 Å². The Kier molecular flexibility index (Phi) is 8.74. The summed E-state index contributed by atoms with van der Waals surface area (Å²) in [4.78, 5) is 2.63. The predicted octanol–water partition coefficient (Wildman–Crippen LogP) is 3.15. The monoisotopic (exact) mass is 284 g/mol. The van der Waals surface area contributed by atoms with Crippen LogP contribution in [0, 0.1) is 11.8 Å². The van der Waals surface area contributed by atoms with Gasteiger partial charge in [-0.1, -0.05) is 27.7 Å². The molecular weight excluding hydrogens is 248 g/mol. The molecule has 1 fully saturated rings. The number of hydrogen-bond donors (Lipinski definition) is 1. The second-order valence-electron chi connectivity index (χ2n) is 7.18. The average Bonchev–Trinajstić information content (AvgIpc) is 2.80. The third kappa shape index (κ3) is 7.61. The van der Waals surface area contributed by atoms with Crippen molar-refractivity contribution >= 4 is 0 Å². The molecule has 0 amide bonds. The van der Waals surface area contributed by atoms with Crippen LogP contribution in [0.1, 0.15) is 53.4 Å². The van der Waals surface area contributed by atoms with E-state index in [-0.39, 0.29) is 0 Å². The Morgan fingerprint density at radius 3 is 2.05 bits per heavy atom. The number of hydrogen-bond acceptors (Lipinski definition) is 3. The van der Waals surface area contributed by atoms with E-state index in [1.807, 2.05) is 7.05 Å². The zero-order valence-electron chi connectivity index (χ0n) is 14.3. The van der Waals surface area contributed by atoms with Crippen molar-refractivity contribution in [1.82, 2.24) is 10.2 Å². The highest BCUT2D eigenvalue weighted by atomic mass is 16.5. The van der Waals surface area contributed by atoms with Crippen LogP contribution in [-0.4, -0.2) is 50.3 Å². The van der Waals surface area contributed by atoms with Gasteiger partial charge in [-0.15, -0.1) is 0 Å². The van der Waals surface area contributed by atoms with Gasteiger partial charge in [0.05, 0.1) is 12.2 Å². The minimum Gasteiger partial charge on any atom is -0.372 e. The third-order valence-electron chi connectivity index (χ3n) is 4.13. The summed E-state index contributed by atoms with van der Waals surface area (Å²) in [6.45, 7) is 13.8. The minimum atomic E-state index is 0.432. The van der Waals surface area contributed by atoms with Crippen molar-refractivity contribution in [3.8, 4) is 0 Å². The largest absolute Gasteiger partial charge is 0.372 e. The summed E-state index contributed by atoms with van der Waals surface area (Å²) in [6.07, 6.45) is 5.92. The predicted molar refractivity (Wildman–Crippen MR) is 87.2 cm³/mol. The molecule has 0 aromatic carbocycles. The van der Waals surface area contributed by atoms with Crippen LogP contribution in [0.15, 0.2) is 0 Å². The molecule has 3 nitrogen and oxygen atoms in total. The molecule has 1 aliphatic rings. The van der Waals surface area contributed by atoms with Gasteiger partial charge < -0.3 is 15.0 Å². The van der Waals surface area contributed by atoms with Gasteiger partial charge in [0.2, 0.25) is 0 Å². The number of ether oxygens (including phenoxy) is 1. The van der Waals surface area contributed by atoms with Gasteiger partial charge in [0, 0.05) is 13.1 Å². The second-order valence-corrected chi connectivity index (χ2v) is 7.18. The highest BCUT2D eigenvalue weighted by molar-refractivity contribution is 4.78. The van der Waals surface area contributed by atoms with Crippen molar-refractivity contribution in [3.63, 3.8) is 0 Å². The van der Waals surface area contributed by atoms with Crippen molar-refractivity contribution in [2.24, 2.45) is 11.8 Å². The highest BCUT2D eigenvalue weighted by Gasteiger charge is 2.26. The van der Waals surface area contributed by atoms with E-state index < -0.39 is 0 Å². The lowest BCUT2D eigenvalue weighted by Crippen LogP contribution is -2.36. The first kappa shape index (κ1) is 17.9. The Bertz CT molecular complexity index is 231. The van der Waals surface area contributed by atoms with Crippen molar-refractivity contribution < 1.29 is 4.74 Å². The second kappa shape index (κ2) is 9.75. The van der Waals surface area contributed by atoms with Crippen molar-refractivity contribution in [2.75, 3.05) is 33.2 Å². The molecule has 0 aromatic heterocycles. The van der Waals surface area contributed by atoms with Crippen molar-refractivity contribution in [1.29, 1.82) is 0 Å². The van der Waals surface area contributed by atoms with E-state index in [1.165, 1.54) is 38.8 Å². The van der Waals surface area contributed by atoms with Crippen molar-refractivity contribution in [3.05, 3.63) is 0 Å². The fourth-order valence-corrected chi connectivity index (χ4v) is 2.76. The molecule has 1 saturated heterocycles. The summed E-state index contributed by atoms with van der Waals surface area (Å²) in [5.74, 6) is 1.58. The smallest absolute Gasteiger partial charge is 0.0707 e. The fraction of sp³-hybridized carbons (Fsp3) is 1.00. The number of nitrogens with one attached hydrogen (secondary N) is 1. The summed E-state index contributed by atoms with van der Waals surface area (Å²) in [5.41, 5.74) is 0. The minimum absolute atomic E-state index is 0.432. The van der Waals surface area contributed by atoms with Gasteiger partial charge >= 0.3 is 0 Å². The molecule has 1 aliphatic heterocycles. The van der Waals surface area contributed by atoms with Crippen LogP contribution < -0.4 is 5.32 Å². The normalized spacial score (nSPS) is 23.4. The van der Waals surface area contributed by atoms with E-state index in [9.17, 15) is 0 Å². The topological polar surface area (TPSA) is 24.5 Å². The van der Waals surface area contributed by atoms with E-state index in [4.69, 9.17) is 4.74 Å².